The van der Waals surface area contributed by atoms with Crippen molar-refractivity contribution < 1.29 is 4.43 Å². The van der Waals surface area contributed by atoms with Crippen LogP contribution in [-0.4, -0.2) is 17.9 Å². The number of aromatic nitrogens is 2. The Kier molecular flexibility index (Phi) is 6.69. The molecule has 2 N–H and O–H groups in total. The molecule has 0 radical (unpaired) electrons. The fraction of sp³-hybridized carbons (Fsp3) is 0.667. The van der Waals surface area contributed by atoms with Gasteiger partial charge < -0.3 is 14.7 Å². The number of nitrogens with zero attached hydrogens (tertiary/aromatic N) is 2. The number of rotatable bonds is 8. The van der Waals surface area contributed by atoms with Gasteiger partial charge in [0.05, 0.1) is 23.7 Å². The summed E-state index contributed by atoms with van der Waals surface area (Å²) in [7, 11) is -1.75. The number of hydrogen-bond donors (Lipinski definition) is 1. The summed E-state index contributed by atoms with van der Waals surface area (Å²) in [5.41, 5.74) is 9.82. The van der Waals surface area contributed by atoms with Crippen molar-refractivity contribution in [2.24, 2.45) is 5.73 Å². The Balaban J connectivity index is 2.30. The van der Waals surface area contributed by atoms with Crippen LogP contribution in [0, 0.1) is 0 Å². The molecule has 5 heteroatoms. The van der Waals surface area contributed by atoms with Gasteiger partial charge in [-0.15, -0.1) is 0 Å². The summed E-state index contributed by atoms with van der Waals surface area (Å²) >= 11 is 0. The van der Waals surface area contributed by atoms with E-state index in [9.17, 15) is 0 Å². The Morgan fingerprint density at radius 3 is 2.46 bits per heavy atom. The van der Waals surface area contributed by atoms with Gasteiger partial charge in [-0.25, -0.2) is 4.98 Å². The number of benzene rings is 1. The lowest BCUT2D eigenvalue weighted by atomic mass is 10.1. The molecule has 0 saturated heterocycles. The van der Waals surface area contributed by atoms with Crippen LogP contribution in [-0.2, 0) is 17.6 Å². The van der Waals surface area contributed by atoms with Gasteiger partial charge in [-0.1, -0.05) is 47.1 Å². The van der Waals surface area contributed by atoms with Crippen molar-refractivity contribution in [2.75, 3.05) is 0 Å². The van der Waals surface area contributed by atoms with Crippen LogP contribution in [0.2, 0.25) is 18.1 Å². The lowest BCUT2D eigenvalue weighted by Gasteiger charge is -2.36. The Bertz CT molecular complexity index is 731. The second-order valence-electron chi connectivity index (χ2n) is 8.89. The highest BCUT2D eigenvalue weighted by Crippen LogP contribution is 2.37. The third-order valence-electron chi connectivity index (χ3n) is 5.63. The molecular weight excluding hydrogens is 338 g/mol. The summed E-state index contributed by atoms with van der Waals surface area (Å²) in [6, 6.07) is 6.55. The maximum atomic E-state index is 6.40. The van der Waals surface area contributed by atoms with Gasteiger partial charge in [0.2, 0.25) is 0 Å². The van der Waals surface area contributed by atoms with Crippen LogP contribution in [0.25, 0.3) is 11.0 Å². The van der Waals surface area contributed by atoms with Crippen LogP contribution >= 0.6 is 0 Å². The summed E-state index contributed by atoms with van der Waals surface area (Å²) < 4.78 is 8.68. The normalized spacial score (nSPS) is 14.2. The average molecular weight is 376 g/mol. The van der Waals surface area contributed by atoms with Crippen molar-refractivity contribution in [3.05, 3.63) is 29.6 Å². The van der Waals surface area contributed by atoms with Crippen molar-refractivity contribution in [3.63, 3.8) is 0 Å². The molecule has 2 rings (SSSR count). The molecule has 1 atom stereocenters. The average Bonchev–Trinajstić information content (AvgIpc) is 2.91. The quantitative estimate of drug-likeness (QED) is 0.596. The van der Waals surface area contributed by atoms with Gasteiger partial charge in [-0.05, 0) is 48.7 Å². The SMILES string of the molecule is CCCC(N)c1nc2cc(CO[Si](C)(C)C(C)(C)C)ccc2n1CCC. The summed E-state index contributed by atoms with van der Waals surface area (Å²) in [4.78, 5) is 4.90. The summed E-state index contributed by atoms with van der Waals surface area (Å²) in [6.07, 6.45) is 3.12. The maximum Gasteiger partial charge on any atom is 0.192 e. The standard InChI is InChI=1S/C21H37N3OSi/c1-8-10-17(22)20-23-18-14-16(11-12-19(18)24(20)13-9-2)15-25-26(6,7)21(3,4)5/h11-12,14,17H,8-10,13,15,22H2,1-7H3. The molecule has 0 spiro atoms. The fourth-order valence-corrected chi connectivity index (χ4v) is 3.91. The van der Waals surface area contributed by atoms with Crippen molar-refractivity contribution in [2.45, 2.75) is 91.2 Å². The molecule has 4 nitrogen and oxygen atoms in total. The first-order valence-corrected chi connectivity index (χ1v) is 12.9. The smallest absolute Gasteiger partial charge is 0.192 e. The molecule has 146 valence electrons. The summed E-state index contributed by atoms with van der Waals surface area (Å²) in [5, 5.41) is 0.222. The molecule has 0 aliphatic heterocycles. The van der Waals surface area contributed by atoms with E-state index < -0.39 is 8.32 Å². The third kappa shape index (κ3) is 4.56. The van der Waals surface area contributed by atoms with Crippen LogP contribution in [0.15, 0.2) is 18.2 Å². The van der Waals surface area contributed by atoms with E-state index >= 15 is 0 Å². The van der Waals surface area contributed by atoms with Crippen molar-refractivity contribution in [1.82, 2.24) is 9.55 Å². The van der Waals surface area contributed by atoms with Gasteiger partial charge in [0.25, 0.3) is 0 Å². The molecule has 0 aliphatic rings. The molecule has 0 amide bonds. The van der Waals surface area contributed by atoms with E-state index in [4.69, 9.17) is 15.1 Å². The molecular formula is C21H37N3OSi. The number of fused-ring (bicyclic) bond motifs is 1. The molecule has 0 bridgehead atoms. The van der Waals surface area contributed by atoms with Gasteiger partial charge in [-0.2, -0.15) is 0 Å². The zero-order valence-corrected chi connectivity index (χ0v) is 18.7. The molecule has 2 aromatic rings. The predicted molar refractivity (Wildman–Crippen MR) is 114 cm³/mol. The summed E-state index contributed by atoms with van der Waals surface area (Å²) in [6.45, 7) is 17.4. The lowest BCUT2D eigenvalue weighted by molar-refractivity contribution is 0.276. The molecule has 1 aromatic heterocycles. The van der Waals surface area contributed by atoms with E-state index in [0.717, 1.165) is 37.1 Å². The Morgan fingerprint density at radius 2 is 1.88 bits per heavy atom. The molecule has 26 heavy (non-hydrogen) atoms. The molecule has 1 aromatic carbocycles. The molecule has 1 heterocycles. The minimum atomic E-state index is -1.75. The largest absolute Gasteiger partial charge is 0.413 e. The van der Waals surface area contributed by atoms with E-state index in [-0.39, 0.29) is 11.1 Å². The van der Waals surface area contributed by atoms with Crippen molar-refractivity contribution >= 4 is 19.4 Å². The number of nitrogens with two attached hydrogens (primary N) is 1. The molecule has 0 aliphatic carbocycles. The van der Waals surface area contributed by atoms with Crippen LogP contribution in [0.3, 0.4) is 0 Å². The van der Waals surface area contributed by atoms with Crippen molar-refractivity contribution in [1.29, 1.82) is 0 Å². The number of aryl methyl sites for hydroxylation is 1. The van der Waals surface area contributed by atoms with Crippen LogP contribution < -0.4 is 5.73 Å². The van der Waals surface area contributed by atoms with E-state index in [1.165, 1.54) is 11.1 Å². The first-order chi connectivity index (χ1) is 12.1. The number of hydrogen-bond acceptors (Lipinski definition) is 3. The first kappa shape index (κ1) is 21.1. The third-order valence-corrected chi connectivity index (χ3v) is 10.1. The number of imidazole rings is 1. The predicted octanol–water partition coefficient (Wildman–Crippen LogP) is 5.77. The fourth-order valence-electron chi connectivity index (χ4n) is 2.95. The van der Waals surface area contributed by atoms with Gasteiger partial charge in [-0.3, -0.25) is 0 Å². The zero-order chi connectivity index (χ0) is 19.5. The maximum absolute atomic E-state index is 6.40. The van der Waals surface area contributed by atoms with Gasteiger partial charge in [0.1, 0.15) is 5.82 Å². The topological polar surface area (TPSA) is 53.1 Å². The van der Waals surface area contributed by atoms with E-state index in [1.807, 2.05) is 0 Å². The first-order valence-electron chi connectivity index (χ1n) is 9.99. The van der Waals surface area contributed by atoms with Gasteiger partial charge in [0.15, 0.2) is 8.32 Å². The Labute approximate surface area is 160 Å². The van der Waals surface area contributed by atoms with E-state index in [2.05, 4.69) is 70.5 Å². The minimum Gasteiger partial charge on any atom is -0.413 e. The second-order valence-corrected chi connectivity index (χ2v) is 13.7. The highest BCUT2D eigenvalue weighted by atomic mass is 28.4. The second kappa shape index (κ2) is 8.24. The zero-order valence-electron chi connectivity index (χ0n) is 17.7. The van der Waals surface area contributed by atoms with Gasteiger partial charge >= 0.3 is 0 Å². The van der Waals surface area contributed by atoms with Gasteiger partial charge in [0, 0.05) is 6.54 Å². The lowest BCUT2D eigenvalue weighted by Crippen LogP contribution is -2.40. The van der Waals surface area contributed by atoms with Crippen LogP contribution in [0.1, 0.15) is 71.3 Å². The van der Waals surface area contributed by atoms with Crippen molar-refractivity contribution in [3.8, 4) is 0 Å². The van der Waals surface area contributed by atoms with Crippen LogP contribution in [0.5, 0.6) is 0 Å². The highest BCUT2D eigenvalue weighted by molar-refractivity contribution is 6.74. The van der Waals surface area contributed by atoms with E-state index in [0.29, 0.717) is 6.61 Å². The van der Waals surface area contributed by atoms with E-state index in [1.54, 1.807) is 0 Å². The monoisotopic (exact) mass is 375 g/mol. The molecule has 0 fully saturated rings. The van der Waals surface area contributed by atoms with Crippen LogP contribution in [0.4, 0.5) is 0 Å². The molecule has 1 unspecified atom stereocenters. The Hall–Kier alpha value is -1.17. The summed E-state index contributed by atoms with van der Waals surface area (Å²) in [5.74, 6) is 1.02. The minimum absolute atomic E-state index is 0.00545. The Morgan fingerprint density at radius 1 is 1.19 bits per heavy atom. The molecule has 0 saturated carbocycles. The highest BCUT2D eigenvalue weighted by Gasteiger charge is 2.37.